The van der Waals surface area contributed by atoms with Crippen molar-refractivity contribution in [2.75, 3.05) is 13.1 Å². The second-order valence-corrected chi connectivity index (χ2v) is 6.56. The van der Waals surface area contributed by atoms with E-state index in [1.54, 1.807) is 0 Å². The van der Waals surface area contributed by atoms with Gasteiger partial charge in [0.15, 0.2) is 11.7 Å². The van der Waals surface area contributed by atoms with Crippen molar-refractivity contribution in [1.82, 2.24) is 15.6 Å². The van der Waals surface area contributed by atoms with Crippen LogP contribution in [0.5, 0.6) is 0 Å². The van der Waals surface area contributed by atoms with E-state index in [2.05, 4.69) is 20.6 Å². The van der Waals surface area contributed by atoms with Crippen LogP contribution in [0.1, 0.15) is 49.7 Å². The topological polar surface area (TPSA) is 49.3 Å². The molecular weight excluding hydrogens is 452 g/mol. The number of hydrogen-bond acceptors (Lipinski definition) is 3. The molecule has 0 amide bonds. The summed E-state index contributed by atoms with van der Waals surface area (Å²) in [6, 6.07) is 0.443. The van der Waals surface area contributed by atoms with Crippen LogP contribution in [-0.2, 0) is 12.6 Å². The molecule has 138 valence electrons. The lowest BCUT2D eigenvalue weighted by atomic mass is 9.96. The van der Waals surface area contributed by atoms with E-state index >= 15 is 0 Å². The molecule has 1 aromatic rings. The van der Waals surface area contributed by atoms with E-state index in [1.807, 2.05) is 6.92 Å². The molecule has 4 nitrogen and oxygen atoms in total. The summed E-state index contributed by atoms with van der Waals surface area (Å²) in [5, 5.41) is 8.13. The first-order chi connectivity index (χ1) is 11.0. The smallest absolute Gasteiger partial charge is 0.357 e. The van der Waals surface area contributed by atoms with E-state index < -0.39 is 11.9 Å². The molecule has 2 rings (SSSR count). The summed E-state index contributed by atoms with van der Waals surface area (Å²) < 4.78 is 37.5. The third-order valence-electron chi connectivity index (χ3n) is 3.73. The predicted octanol–water partition coefficient (Wildman–Crippen LogP) is 4.21. The van der Waals surface area contributed by atoms with Crippen LogP contribution in [0.25, 0.3) is 0 Å². The van der Waals surface area contributed by atoms with E-state index in [0.717, 1.165) is 42.1 Å². The minimum Gasteiger partial charge on any atom is -0.357 e. The van der Waals surface area contributed by atoms with Gasteiger partial charge in [-0.1, -0.05) is 19.3 Å². The summed E-state index contributed by atoms with van der Waals surface area (Å²) in [5.41, 5.74) is -0.811. The SMILES string of the molecule is CCNC(=NCCc1nc(C(F)(F)F)cs1)NC1CCCCC1.I. The number of rotatable bonds is 5. The number of aromatic nitrogens is 1. The monoisotopic (exact) mass is 476 g/mol. The van der Waals surface area contributed by atoms with Gasteiger partial charge in [-0.25, -0.2) is 4.98 Å². The molecule has 0 radical (unpaired) electrons. The fraction of sp³-hybridized carbons (Fsp3) is 0.733. The highest BCUT2D eigenvalue weighted by molar-refractivity contribution is 14.0. The fourth-order valence-corrected chi connectivity index (χ4v) is 3.37. The molecule has 2 N–H and O–H groups in total. The maximum atomic E-state index is 12.5. The Morgan fingerprint density at radius 1 is 1.33 bits per heavy atom. The first-order valence-electron chi connectivity index (χ1n) is 8.05. The van der Waals surface area contributed by atoms with Crippen molar-refractivity contribution in [3.63, 3.8) is 0 Å². The Morgan fingerprint density at radius 2 is 2.04 bits per heavy atom. The summed E-state index contributed by atoms with van der Waals surface area (Å²) in [6.45, 7) is 3.18. The molecule has 1 fully saturated rings. The second-order valence-electron chi connectivity index (χ2n) is 5.61. The van der Waals surface area contributed by atoms with Gasteiger partial charge in [0.05, 0.1) is 5.01 Å². The number of nitrogens with one attached hydrogen (secondary N) is 2. The van der Waals surface area contributed by atoms with Crippen LogP contribution in [-0.4, -0.2) is 30.1 Å². The van der Waals surface area contributed by atoms with E-state index in [4.69, 9.17) is 0 Å². The summed E-state index contributed by atoms with van der Waals surface area (Å²) in [7, 11) is 0. The lowest BCUT2D eigenvalue weighted by molar-refractivity contribution is -0.140. The third-order valence-corrected chi connectivity index (χ3v) is 4.64. The second kappa shape index (κ2) is 10.4. The Morgan fingerprint density at radius 3 is 2.62 bits per heavy atom. The van der Waals surface area contributed by atoms with Crippen LogP contribution in [0, 0.1) is 0 Å². The zero-order valence-electron chi connectivity index (χ0n) is 13.7. The predicted molar refractivity (Wildman–Crippen MR) is 102 cm³/mol. The zero-order valence-corrected chi connectivity index (χ0v) is 16.8. The van der Waals surface area contributed by atoms with Crippen LogP contribution in [0.4, 0.5) is 13.2 Å². The number of hydrogen-bond donors (Lipinski definition) is 2. The summed E-state index contributed by atoms with van der Waals surface area (Å²) >= 11 is 1.04. The largest absolute Gasteiger partial charge is 0.434 e. The molecule has 0 aromatic carbocycles. The van der Waals surface area contributed by atoms with Crippen molar-refractivity contribution in [2.45, 2.75) is 57.7 Å². The molecule has 1 aliphatic carbocycles. The molecule has 9 heteroatoms. The van der Waals surface area contributed by atoms with Gasteiger partial charge in [-0.05, 0) is 19.8 Å². The summed E-state index contributed by atoms with van der Waals surface area (Å²) in [5.74, 6) is 0.743. The Bertz CT molecular complexity index is 513. The standard InChI is InChI=1S/C15H23F3N4S.HI/c1-2-19-14(21-11-6-4-3-5-7-11)20-9-8-13-22-12(10-23-13)15(16,17)18;/h10-11H,2-9H2,1H3,(H2,19,20,21);1H. The minimum absolute atomic E-state index is 0. The lowest BCUT2D eigenvalue weighted by Gasteiger charge is -2.24. The summed E-state index contributed by atoms with van der Waals surface area (Å²) in [4.78, 5) is 8.08. The molecule has 0 saturated heterocycles. The number of aliphatic imine (C=N–C) groups is 1. The van der Waals surface area contributed by atoms with Gasteiger partial charge in [-0.3, -0.25) is 4.99 Å². The average molecular weight is 476 g/mol. The number of nitrogens with zero attached hydrogens (tertiary/aromatic N) is 2. The maximum Gasteiger partial charge on any atom is 0.434 e. The van der Waals surface area contributed by atoms with Crippen LogP contribution >= 0.6 is 35.3 Å². The quantitative estimate of drug-likeness (QED) is 0.381. The fourth-order valence-electron chi connectivity index (χ4n) is 2.58. The van der Waals surface area contributed by atoms with Gasteiger partial charge in [0.1, 0.15) is 0 Å². The number of thiazole rings is 1. The highest BCUT2D eigenvalue weighted by atomic mass is 127. The maximum absolute atomic E-state index is 12.5. The van der Waals surface area contributed by atoms with Crippen molar-refractivity contribution >= 4 is 41.3 Å². The Kier molecular flexibility index (Phi) is 9.32. The van der Waals surface area contributed by atoms with Crippen molar-refractivity contribution < 1.29 is 13.2 Å². The number of alkyl halides is 3. The number of guanidine groups is 1. The van der Waals surface area contributed by atoms with Gasteiger partial charge >= 0.3 is 6.18 Å². The number of halogens is 4. The van der Waals surface area contributed by atoms with E-state index in [1.165, 1.54) is 19.3 Å². The van der Waals surface area contributed by atoms with Crippen molar-refractivity contribution in [1.29, 1.82) is 0 Å². The van der Waals surface area contributed by atoms with Gasteiger partial charge in [-0.15, -0.1) is 35.3 Å². The highest BCUT2D eigenvalue weighted by Gasteiger charge is 2.33. The van der Waals surface area contributed by atoms with Crippen LogP contribution < -0.4 is 10.6 Å². The zero-order chi connectivity index (χ0) is 16.7. The third kappa shape index (κ3) is 7.12. The first-order valence-corrected chi connectivity index (χ1v) is 8.93. The normalized spacial score (nSPS) is 16.6. The van der Waals surface area contributed by atoms with Gasteiger partial charge in [-0.2, -0.15) is 13.2 Å². The molecule has 1 heterocycles. The van der Waals surface area contributed by atoms with Crippen LogP contribution in [0.2, 0.25) is 0 Å². The molecule has 0 bridgehead atoms. The lowest BCUT2D eigenvalue weighted by Crippen LogP contribution is -2.44. The van der Waals surface area contributed by atoms with Crippen LogP contribution in [0.3, 0.4) is 0 Å². The molecule has 0 spiro atoms. The van der Waals surface area contributed by atoms with E-state index in [0.29, 0.717) is 24.0 Å². The Labute approximate surface area is 161 Å². The van der Waals surface area contributed by atoms with Gasteiger partial charge in [0.25, 0.3) is 0 Å². The summed E-state index contributed by atoms with van der Waals surface area (Å²) in [6.07, 6.45) is 2.10. The molecule has 0 unspecified atom stereocenters. The molecular formula is C15H24F3IN4S. The van der Waals surface area contributed by atoms with Gasteiger partial charge in [0.2, 0.25) is 0 Å². The van der Waals surface area contributed by atoms with Crippen molar-refractivity contribution in [2.24, 2.45) is 4.99 Å². The van der Waals surface area contributed by atoms with E-state index in [9.17, 15) is 13.2 Å². The molecule has 24 heavy (non-hydrogen) atoms. The highest BCUT2D eigenvalue weighted by Crippen LogP contribution is 2.30. The Balaban J connectivity index is 0.00000288. The molecule has 1 aromatic heterocycles. The molecule has 0 atom stereocenters. The van der Waals surface area contributed by atoms with Crippen molar-refractivity contribution in [3.05, 3.63) is 16.1 Å². The molecule has 1 saturated carbocycles. The molecule has 1 aliphatic rings. The van der Waals surface area contributed by atoms with Crippen LogP contribution in [0.15, 0.2) is 10.4 Å². The van der Waals surface area contributed by atoms with Gasteiger partial charge in [0, 0.05) is 30.9 Å². The molecule has 0 aliphatic heterocycles. The average Bonchev–Trinajstić information content (AvgIpc) is 2.97. The Hall–Kier alpha value is -0.580. The van der Waals surface area contributed by atoms with Crippen molar-refractivity contribution in [3.8, 4) is 0 Å². The first kappa shape index (κ1) is 21.5. The minimum atomic E-state index is -4.37. The van der Waals surface area contributed by atoms with E-state index in [-0.39, 0.29) is 24.0 Å². The van der Waals surface area contributed by atoms with Gasteiger partial charge < -0.3 is 10.6 Å².